The summed E-state index contributed by atoms with van der Waals surface area (Å²) in [5.41, 5.74) is 1.01. The molecule has 1 saturated heterocycles. The molecule has 74 valence electrons. The predicted octanol–water partition coefficient (Wildman–Crippen LogP) is 1.53. The fourth-order valence-electron chi connectivity index (χ4n) is 1.54. The van der Waals surface area contributed by atoms with Crippen LogP contribution < -0.4 is 5.32 Å². The van der Waals surface area contributed by atoms with Gasteiger partial charge in [-0.25, -0.2) is 0 Å². The molecule has 0 aromatic heterocycles. The molecule has 0 bridgehead atoms. The van der Waals surface area contributed by atoms with E-state index in [9.17, 15) is 4.79 Å². The van der Waals surface area contributed by atoms with Crippen molar-refractivity contribution in [2.75, 3.05) is 7.11 Å². The van der Waals surface area contributed by atoms with E-state index in [4.69, 9.17) is 16.3 Å². The second-order valence-corrected chi connectivity index (χ2v) is 3.63. The average Bonchev–Trinajstić information content (AvgIpc) is 2.16. The molecule has 2 atom stereocenters. The summed E-state index contributed by atoms with van der Waals surface area (Å²) >= 11 is 5.76. The third-order valence-electron chi connectivity index (χ3n) is 2.34. The van der Waals surface area contributed by atoms with Gasteiger partial charge in [0, 0.05) is 12.1 Å². The summed E-state index contributed by atoms with van der Waals surface area (Å²) in [6, 6.07) is 7.34. The van der Waals surface area contributed by atoms with Gasteiger partial charge in [0.15, 0.2) is 6.10 Å². The minimum atomic E-state index is -0.365. The number of methoxy groups -OCH3 is 1. The highest BCUT2D eigenvalue weighted by Crippen LogP contribution is 2.27. The van der Waals surface area contributed by atoms with Crippen LogP contribution in [0.1, 0.15) is 11.6 Å². The molecule has 1 fully saturated rings. The largest absolute Gasteiger partial charge is 0.369 e. The van der Waals surface area contributed by atoms with E-state index in [1.807, 2.05) is 12.1 Å². The third kappa shape index (κ3) is 1.49. The van der Waals surface area contributed by atoms with Crippen molar-refractivity contribution >= 4 is 17.5 Å². The van der Waals surface area contributed by atoms with Gasteiger partial charge in [-0.05, 0) is 17.7 Å². The lowest BCUT2D eigenvalue weighted by Gasteiger charge is -2.35. The van der Waals surface area contributed by atoms with Gasteiger partial charge in [0.2, 0.25) is 0 Å². The summed E-state index contributed by atoms with van der Waals surface area (Å²) in [6.07, 6.45) is -0.365. The molecule has 0 radical (unpaired) electrons. The van der Waals surface area contributed by atoms with Gasteiger partial charge < -0.3 is 10.1 Å². The molecule has 1 aromatic carbocycles. The van der Waals surface area contributed by atoms with Crippen molar-refractivity contribution in [1.29, 1.82) is 0 Å². The van der Waals surface area contributed by atoms with Crippen molar-refractivity contribution in [2.24, 2.45) is 0 Å². The smallest absolute Gasteiger partial charge is 0.252 e. The maximum atomic E-state index is 11.1. The van der Waals surface area contributed by atoms with Crippen LogP contribution in [0.4, 0.5) is 0 Å². The number of carbonyl (C=O) groups is 1. The Kier molecular flexibility index (Phi) is 2.44. The van der Waals surface area contributed by atoms with Crippen molar-refractivity contribution in [2.45, 2.75) is 12.1 Å². The maximum Gasteiger partial charge on any atom is 0.252 e. The average molecular weight is 212 g/mol. The number of nitrogens with one attached hydrogen (secondary N) is 1. The molecule has 1 aliphatic heterocycles. The lowest BCUT2D eigenvalue weighted by atomic mass is 9.94. The highest BCUT2D eigenvalue weighted by atomic mass is 35.5. The standard InChI is InChI=1S/C10H10ClNO2/c1-14-9-8(12-10(9)13)6-2-4-7(11)5-3-6/h2-5,8-9H,1H3,(H,12,13)/t8-,9+/m0/s1. The maximum absolute atomic E-state index is 11.1. The van der Waals surface area contributed by atoms with Crippen molar-refractivity contribution < 1.29 is 9.53 Å². The Labute approximate surface area is 87.0 Å². The fourth-order valence-corrected chi connectivity index (χ4v) is 1.66. The van der Waals surface area contributed by atoms with Crippen molar-refractivity contribution in [3.8, 4) is 0 Å². The van der Waals surface area contributed by atoms with Gasteiger partial charge in [-0.2, -0.15) is 0 Å². The zero-order valence-electron chi connectivity index (χ0n) is 7.66. The SMILES string of the molecule is CO[C@H]1C(=O)N[C@H]1c1ccc(Cl)cc1. The Bertz CT molecular complexity index is 350. The van der Waals surface area contributed by atoms with Crippen molar-refractivity contribution in [3.05, 3.63) is 34.9 Å². The van der Waals surface area contributed by atoms with E-state index in [1.165, 1.54) is 7.11 Å². The number of hydrogen-bond donors (Lipinski definition) is 1. The molecule has 1 aliphatic rings. The van der Waals surface area contributed by atoms with Crippen LogP contribution in [-0.4, -0.2) is 19.1 Å². The van der Waals surface area contributed by atoms with Crippen LogP contribution in [0.3, 0.4) is 0 Å². The summed E-state index contributed by atoms with van der Waals surface area (Å²) in [6.45, 7) is 0. The van der Waals surface area contributed by atoms with Crippen LogP contribution in [0.2, 0.25) is 5.02 Å². The zero-order valence-corrected chi connectivity index (χ0v) is 8.41. The van der Waals surface area contributed by atoms with Crippen molar-refractivity contribution in [3.63, 3.8) is 0 Å². The Balaban J connectivity index is 2.17. The first-order valence-electron chi connectivity index (χ1n) is 4.31. The Morgan fingerprint density at radius 1 is 1.36 bits per heavy atom. The first-order valence-corrected chi connectivity index (χ1v) is 4.69. The van der Waals surface area contributed by atoms with Crippen LogP contribution in [0.5, 0.6) is 0 Å². The molecule has 4 heteroatoms. The highest BCUT2D eigenvalue weighted by molar-refractivity contribution is 6.30. The molecular formula is C10H10ClNO2. The van der Waals surface area contributed by atoms with Gasteiger partial charge in [-0.3, -0.25) is 4.79 Å². The molecule has 3 nitrogen and oxygen atoms in total. The van der Waals surface area contributed by atoms with Gasteiger partial charge >= 0.3 is 0 Å². The molecule has 0 aliphatic carbocycles. The summed E-state index contributed by atoms with van der Waals surface area (Å²) < 4.78 is 5.05. The van der Waals surface area contributed by atoms with E-state index >= 15 is 0 Å². The highest BCUT2D eigenvalue weighted by Gasteiger charge is 2.40. The van der Waals surface area contributed by atoms with Gasteiger partial charge in [-0.15, -0.1) is 0 Å². The number of hydrogen-bond acceptors (Lipinski definition) is 2. The third-order valence-corrected chi connectivity index (χ3v) is 2.59. The van der Waals surface area contributed by atoms with Crippen LogP contribution in [0.15, 0.2) is 24.3 Å². The molecule has 1 aromatic rings. The van der Waals surface area contributed by atoms with Gasteiger partial charge in [0.25, 0.3) is 5.91 Å². The lowest BCUT2D eigenvalue weighted by molar-refractivity contribution is -0.145. The Morgan fingerprint density at radius 2 is 2.00 bits per heavy atom. The number of β-lactam (4-membered cyclic amide) rings is 1. The monoisotopic (exact) mass is 211 g/mol. The summed E-state index contributed by atoms with van der Waals surface area (Å²) in [5.74, 6) is -0.0625. The normalized spacial score (nSPS) is 25.4. The van der Waals surface area contributed by atoms with E-state index in [2.05, 4.69) is 5.32 Å². The van der Waals surface area contributed by atoms with Crippen LogP contribution in [0.25, 0.3) is 0 Å². The number of amides is 1. The number of carbonyl (C=O) groups excluding carboxylic acids is 1. The Hall–Kier alpha value is -1.06. The lowest BCUT2D eigenvalue weighted by Crippen LogP contribution is -2.56. The van der Waals surface area contributed by atoms with E-state index in [-0.39, 0.29) is 18.1 Å². The predicted molar refractivity (Wildman–Crippen MR) is 53.1 cm³/mol. The Morgan fingerprint density at radius 3 is 2.50 bits per heavy atom. The number of halogens is 1. The number of benzene rings is 1. The van der Waals surface area contributed by atoms with E-state index < -0.39 is 0 Å². The first-order chi connectivity index (χ1) is 6.72. The van der Waals surface area contributed by atoms with Crippen LogP contribution in [0, 0.1) is 0 Å². The second-order valence-electron chi connectivity index (χ2n) is 3.19. The second kappa shape index (κ2) is 3.59. The number of rotatable bonds is 2. The van der Waals surface area contributed by atoms with E-state index in [0.717, 1.165) is 5.56 Å². The number of ether oxygens (including phenoxy) is 1. The van der Waals surface area contributed by atoms with E-state index in [1.54, 1.807) is 12.1 Å². The zero-order chi connectivity index (χ0) is 10.1. The van der Waals surface area contributed by atoms with Crippen molar-refractivity contribution in [1.82, 2.24) is 5.32 Å². The quantitative estimate of drug-likeness (QED) is 0.754. The molecule has 2 rings (SSSR count). The molecule has 1 amide bonds. The molecule has 0 spiro atoms. The van der Waals surface area contributed by atoms with Crippen LogP contribution in [-0.2, 0) is 9.53 Å². The fraction of sp³-hybridized carbons (Fsp3) is 0.300. The van der Waals surface area contributed by atoms with Gasteiger partial charge in [0.1, 0.15) is 0 Å². The summed E-state index contributed by atoms with van der Waals surface area (Å²) in [5, 5.41) is 3.46. The minimum Gasteiger partial charge on any atom is -0.369 e. The summed E-state index contributed by atoms with van der Waals surface area (Å²) in [7, 11) is 1.53. The first kappa shape index (κ1) is 9.49. The van der Waals surface area contributed by atoms with Gasteiger partial charge in [0.05, 0.1) is 6.04 Å². The van der Waals surface area contributed by atoms with E-state index in [0.29, 0.717) is 5.02 Å². The molecular weight excluding hydrogens is 202 g/mol. The van der Waals surface area contributed by atoms with Gasteiger partial charge in [-0.1, -0.05) is 23.7 Å². The minimum absolute atomic E-state index is 0.0373. The molecule has 0 unspecified atom stereocenters. The molecule has 14 heavy (non-hydrogen) atoms. The topological polar surface area (TPSA) is 38.3 Å². The van der Waals surface area contributed by atoms with Crippen LogP contribution >= 0.6 is 11.6 Å². The summed E-state index contributed by atoms with van der Waals surface area (Å²) in [4.78, 5) is 11.1. The molecule has 1 N–H and O–H groups in total. The molecule has 0 saturated carbocycles. The molecule has 1 heterocycles.